The van der Waals surface area contributed by atoms with Crippen molar-refractivity contribution in [3.63, 3.8) is 0 Å². The van der Waals surface area contributed by atoms with Crippen molar-refractivity contribution in [1.29, 1.82) is 0 Å². The van der Waals surface area contributed by atoms with Crippen molar-refractivity contribution in [3.8, 4) is 0 Å². The molecule has 0 rings (SSSR count). The first kappa shape index (κ1) is 12.4. The summed E-state index contributed by atoms with van der Waals surface area (Å²) >= 11 is 0. The van der Waals surface area contributed by atoms with Gasteiger partial charge in [-0.15, -0.1) is 0 Å². The van der Waals surface area contributed by atoms with Gasteiger partial charge in [0, 0.05) is 13.1 Å². The van der Waals surface area contributed by atoms with Crippen LogP contribution in [0.25, 0.3) is 0 Å². The molecule has 0 saturated carbocycles. The fraction of sp³-hybridized carbons (Fsp3) is 0.857. The van der Waals surface area contributed by atoms with Crippen LogP contribution in [-0.4, -0.2) is 42.6 Å². The predicted molar refractivity (Wildman–Crippen MR) is 49.0 cm³/mol. The Kier molecular flexibility index (Phi) is 4.94. The molecule has 0 atom stereocenters. The highest BCUT2D eigenvalue weighted by atomic mass is 32.2. The molecule has 0 aliphatic heterocycles. The first-order valence-corrected chi connectivity index (χ1v) is 5.74. The molecule has 6 heteroatoms. The van der Waals surface area contributed by atoms with E-state index in [1.54, 1.807) is 13.8 Å². The Hall–Kier alpha value is -0.620. The van der Waals surface area contributed by atoms with Crippen LogP contribution in [0.3, 0.4) is 0 Å². The number of carbonyl (C=O) groups is 1. The number of hydrogen-bond donors (Lipinski definition) is 1. The van der Waals surface area contributed by atoms with Gasteiger partial charge in [-0.05, 0) is 6.92 Å². The van der Waals surface area contributed by atoms with Crippen LogP contribution in [0.4, 0.5) is 0 Å². The van der Waals surface area contributed by atoms with Crippen LogP contribution in [0, 0.1) is 0 Å². The molecule has 0 aromatic carbocycles. The van der Waals surface area contributed by atoms with Crippen LogP contribution in [0.5, 0.6) is 0 Å². The minimum atomic E-state index is -3.24. The molecule has 0 fully saturated rings. The minimum Gasteiger partial charge on any atom is -0.481 e. The van der Waals surface area contributed by atoms with E-state index < -0.39 is 16.0 Å². The highest BCUT2D eigenvalue weighted by Gasteiger charge is 2.18. The Morgan fingerprint density at radius 3 is 2.23 bits per heavy atom. The summed E-state index contributed by atoms with van der Waals surface area (Å²) in [4.78, 5) is 10.2. The molecule has 0 aliphatic carbocycles. The van der Waals surface area contributed by atoms with Crippen molar-refractivity contribution in [1.82, 2.24) is 4.31 Å². The van der Waals surface area contributed by atoms with Crippen molar-refractivity contribution in [2.24, 2.45) is 0 Å². The van der Waals surface area contributed by atoms with Crippen LogP contribution in [0.1, 0.15) is 20.3 Å². The van der Waals surface area contributed by atoms with Gasteiger partial charge in [0.15, 0.2) is 0 Å². The first-order valence-electron chi connectivity index (χ1n) is 4.13. The van der Waals surface area contributed by atoms with E-state index in [9.17, 15) is 13.2 Å². The number of rotatable bonds is 6. The third-order valence-electron chi connectivity index (χ3n) is 1.69. The highest BCUT2D eigenvalue weighted by molar-refractivity contribution is 7.89. The van der Waals surface area contributed by atoms with Crippen LogP contribution >= 0.6 is 0 Å². The van der Waals surface area contributed by atoms with E-state index in [0.29, 0.717) is 6.54 Å². The molecule has 0 bridgehead atoms. The van der Waals surface area contributed by atoms with Gasteiger partial charge in [-0.2, -0.15) is 0 Å². The van der Waals surface area contributed by atoms with E-state index in [1.165, 1.54) is 4.31 Å². The van der Waals surface area contributed by atoms with Gasteiger partial charge in [-0.1, -0.05) is 6.92 Å². The van der Waals surface area contributed by atoms with Crippen LogP contribution in [0.15, 0.2) is 0 Å². The monoisotopic (exact) mass is 209 g/mol. The number of nitrogens with zero attached hydrogens (tertiary/aromatic N) is 1. The third-order valence-corrected chi connectivity index (χ3v) is 3.64. The fourth-order valence-corrected chi connectivity index (χ4v) is 2.02. The molecule has 0 radical (unpaired) electrons. The summed E-state index contributed by atoms with van der Waals surface area (Å²) in [6.07, 6.45) is -0.146. The molecule has 1 N–H and O–H groups in total. The summed E-state index contributed by atoms with van der Waals surface area (Å²) in [5.41, 5.74) is 0. The lowest BCUT2D eigenvalue weighted by molar-refractivity contribution is -0.137. The molecule has 0 saturated heterocycles. The number of aliphatic carboxylic acids is 1. The second-order valence-corrected chi connectivity index (χ2v) is 4.79. The summed E-state index contributed by atoms with van der Waals surface area (Å²) in [6.45, 7) is 3.61. The Morgan fingerprint density at radius 2 is 1.92 bits per heavy atom. The summed E-state index contributed by atoms with van der Waals surface area (Å²) in [5.74, 6) is -0.967. The van der Waals surface area contributed by atoms with Gasteiger partial charge in [-0.25, -0.2) is 12.7 Å². The molecule has 0 aliphatic rings. The zero-order valence-corrected chi connectivity index (χ0v) is 8.67. The van der Waals surface area contributed by atoms with E-state index in [1.807, 2.05) is 0 Å². The molecular weight excluding hydrogens is 194 g/mol. The third kappa shape index (κ3) is 4.23. The summed E-state index contributed by atoms with van der Waals surface area (Å²) in [6, 6.07) is 0. The maximum atomic E-state index is 11.3. The topological polar surface area (TPSA) is 74.7 Å². The lowest BCUT2D eigenvalue weighted by atomic mass is 10.4. The molecule has 13 heavy (non-hydrogen) atoms. The fourth-order valence-electron chi connectivity index (χ4n) is 0.897. The highest BCUT2D eigenvalue weighted by Crippen LogP contribution is 2.01. The van der Waals surface area contributed by atoms with Crippen molar-refractivity contribution < 1.29 is 18.3 Å². The van der Waals surface area contributed by atoms with Gasteiger partial charge in [-0.3, -0.25) is 4.79 Å². The molecule has 0 heterocycles. The lowest BCUT2D eigenvalue weighted by Crippen LogP contribution is -2.33. The predicted octanol–water partition coefficient (Wildman–Crippen LogP) is 0.133. The number of carboxylic acids is 1. The zero-order valence-electron chi connectivity index (χ0n) is 7.86. The largest absolute Gasteiger partial charge is 0.481 e. The lowest BCUT2D eigenvalue weighted by Gasteiger charge is -2.17. The average molecular weight is 209 g/mol. The SMILES string of the molecule is CCN(CCC(=O)O)S(=O)(=O)CC. The molecule has 0 aromatic rings. The van der Waals surface area contributed by atoms with Crippen LogP contribution in [-0.2, 0) is 14.8 Å². The van der Waals surface area contributed by atoms with Gasteiger partial charge in [0.2, 0.25) is 10.0 Å². The van der Waals surface area contributed by atoms with Gasteiger partial charge < -0.3 is 5.11 Å². The molecule has 0 spiro atoms. The van der Waals surface area contributed by atoms with E-state index in [2.05, 4.69) is 0 Å². The standard InChI is InChI=1S/C7H15NO4S/c1-3-8(6-5-7(9)10)13(11,12)4-2/h3-6H2,1-2H3,(H,9,10). The smallest absolute Gasteiger partial charge is 0.304 e. The van der Waals surface area contributed by atoms with Crippen molar-refractivity contribution in [2.75, 3.05) is 18.8 Å². The molecule has 0 amide bonds. The second-order valence-electron chi connectivity index (χ2n) is 2.54. The summed E-state index contributed by atoms with van der Waals surface area (Å²) < 4.78 is 23.7. The van der Waals surface area contributed by atoms with Gasteiger partial charge in [0.05, 0.1) is 12.2 Å². The van der Waals surface area contributed by atoms with Crippen LogP contribution < -0.4 is 0 Å². The van der Waals surface area contributed by atoms with Gasteiger partial charge >= 0.3 is 5.97 Å². The maximum Gasteiger partial charge on any atom is 0.304 e. The van der Waals surface area contributed by atoms with Gasteiger partial charge in [0.1, 0.15) is 0 Å². The molecule has 0 aromatic heterocycles. The number of sulfonamides is 1. The summed E-state index contributed by atoms with van der Waals surface area (Å²) in [7, 11) is -3.24. The normalized spacial score (nSPS) is 11.9. The van der Waals surface area contributed by atoms with E-state index >= 15 is 0 Å². The van der Waals surface area contributed by atoms with Crippen molar-refractivity contribution in [3.05, 3.63) is 0 Å². The quantitative estimate of drug-likeness (QED) is 0.675. The molecule has 0 unspecified atom stereocenters. The van der Waals surface area contributed by atoms with Gasteiger partial charge in [0.25, 0.3) is 0 Å². The molecule has 78 valence electrons. The average Bonchev–Trinajstić information content (AvgIpc) is 2.04. The van der Waals surface area contributed by atoms with Crippen LogP contribution in [0.2, 0.25) is 0 Å². The zero-order chi connectivity index (χ0) is 10.5. The summed E-state index contributed by atoms with van der Waals surface area (Å²) in [5, 5.41) is 8.37. The van der Waals surface area contributed by atoms with Crippen molar-refractivity contribution in [2.45, 2.75) is 20.3 Å². The number of hydrogen-bond acceptors (Lipinski definition) is 3. The maximum absolute atomic E-state index is 11.3. The van der Waals surface area contributed by atoms with E-state index in [0.717, 1.165) is 0 Å². The van der Waals surface area contributed by atoms with E-state index in [-0.39, 0.29) is 18.7 Å². The Bertz CT molecular complexity index is 260. The first-order chi connectivity index (χ1) is 5.94. The van der Waals surface area contributed by atoms with Crippen molar-refractivity contribution >= 4 is 16.0 Å². The molecule has 5 nitrogen and oxygen atoms in total. The Morgan fingerprint density at radius 1 is 1.38 bits per heavy atom. The van der Waals surface area contributed by atoms with E-state index in [4.69, 9.17) is 5.11 Å². The molecular formula is C7H15NO4S. The Balaban J connectivity index is 4.27. The minimum absolute atomic E-state index is 0.0143. The number of carboxylic acid groups (broad SMARTS) is 1. The Labute approximate surface area is 78.4 Å². The second kappa shape index (κ2) is 5.18.